The molecule has 0 heterocycles. The molecule has 0 spiro atoms. The second-order valence-electron chi connectivity index (χ2n) is 4.37. The first kappa shape index (κ1) is 16.4. The number of rotatable bonds is 8. The average molecular weight is 286 g/mol. The lowest BCUT2D eigenvalue weighted by molar-refractivity contribution is 0.0951. The summed E-state index contributed by atoms with van der Waals surface area (Å²) in [5, 5.41) is 5.04. The van der Waals surface area contributed by atoms with Crippen molar-refractivity contribution in [3.05, 3.63) is 29.3 Å². The van der Waals surface area contributed by atoms with Crippen LogP contribution in [0.25, 0.3) is 0 Å². The molecule has 2 N–H and O–H groups in total. The highest BCUT2D eigenvalue weighted by atomic mass is 19.1. The third-order valence-electron chi connectivity index (χ3n) is 2.87. The lowest BCUT2D eigenvalue weighted by Gasteiger charge is -2.08. The van der Waals surface area contributed by atoms with Crippen molar-refractivity contribution in [1.82, 2.24) is 5.32 Å². The van der Waals surface area contributed by atoms with E-state index in [1.807, 2.05) is 0 Å². The molecule has 0 atom stereocenters. The van der Waals surface area contributed by atoms with Crippen molar-refractivity contribution in [1.29, 1.82) is 0 Å². The van der Waals surface area contributed by atoms with Gasteiger partial charge in [-0.05, 0) is 31.4 Å². The molecule has 0 bridgehead atoms. The van der Waals surface area contributed by atoms with Crippen molar-refractivity contribution in [3.63, 3.8) is 0 Å². The second kappa shape index (κ2) is 8.47. The van der Waals surface area contributed by atoms with Crippen LogP contribution in [0.1, 0.15) is 29.6 Å². The molecular weight excluding hydrogens is 266 g/mol. The first-order valence-electron chi connectivity index (χ1n) is 6.54. The smallest absolute Gasteiger partial charge is 0.251 e. The van der Waals surface area contributed by atoms with Crippen LogP contribution in [-0.2, 0) is 4.74 Å². The summed E-state index contributed by atoms with van der Waals surface area (Å²) in [5.41, 5.74) is -0.253. The van der Waals surface area contributed by atoms with Crippen LogP contribution in [0, 0.1) is 11.6 Å². The van der Waals surface area contributed by atoms with E-state index in [1.54, 1.807) is 7.11 Å². The molecule has 1 rings (SSSR count). The Morgan fingerprint density at radius 2 is 1.85 bits per heavy atom. The molecule has 4 nitrogen and oxygen atoms in total. The van der Waals surface area contributed by atoms with Gasteiger partial charge in [0.15, 0.2) is 0 Å². The van der Waals surface area contributed by atoms with Gasteiger partial charge in [0.05, 0.1) is 0 Å². The number of halogens is 2. The standard InChI is InChI=1S/C14H20F2N2O2/c1-17-13-11(15)8-10(9-12(13)16)14(19)18-6-4-3-5-7-20-2/h8-9,17H,3-7H2,1-2H3,(H,18,19). The number of anilines is 1. The number of benzene rings is 1. The fourth-order valence-corrected chi connectivity index (χ4v) is 1.80. The molecule has 1 amide bonds. The molecule has 0 aliphatic rings. The van der Waals surface area contributed by atoms with Crippen molar-refractivity contribution in [3.8, 4) is 0 Å². The number of hydrogen-bond acceptors (Lipinski definition) is 3. The van der Waals surface area contributed by atoms with Gasteiger partial charge in [-0.25, -0.2) is 8.78 Å². The minimum Gasteiger partial charge on any atom is -0.385 e. The third kappa shape index (κ3) is 4.77. The number of nitrogens with one attached hydrogen (secondary N) is 2. The molecule has 112 valence electrons. The zero-order valence-corrected chi connectivity index (χ0v) is 11.8. The maximum absolute atomic E-state index is 13.5. The van der Waals surface area contributed by atoms with E-state index in [4.69, 9.17) is 4.74 Å². The molecule has 0 aliphatic carbocycles. The average Bonchev–Trinajstić information content (AvgIpc) is 2.42. The van der Waals surface area contributed by atoms with Gasteiger partial charge in [0.1, 0.15) is 17.3 Å². The summed E-state index contributed by atoms with van der Waals surface area (Å²) in [5.74, 6) is -2.03. The normalized spacial score (nSPS) is 10.4. The van der Waals surface area contributed by atoms with Gasteiger partial charge in [-0.1, -0.05) is 0 Å². The van der Waals surface area contributed by atoms with Crippen LogP contribution >= 0.6 is 0 Å². The predicted molar refractivity (Wildman–Crippen MR) is 74.0 cm³/mol. The first-order valence-corrected chi connectivity index (χ1v) is 6.54. The van der Waals surface area contributed by atoms with Gasteiger partial charge in [-0.3, -0.25) is 4.79 Å². The summed E-state index contributed by atoms with van der Waals surface area (Å²) in [6.45, 7) is 1.16. The Balaban J connectivity index is 2.48. The molecule has 1 aromatic carbocycles. The highest BCUT2D eigenvalue weighted by Crippen LogP contribution is 2.20. The largest absolute Gasteiger partial charge is 0.385 e. The molecule has 6 heteroatoms. The number of carbonyl (C=O) groups excluding carboxylic acids is 1. The fourth-order valence-electron chi connectivity index (χ4n) is 1.80. The van der Waals surface area contributed by atoms with E-state index in [1.165, 1.54) is 7.05 Å². The molecule has 0 radical (unpaired) electrons. The predicted octanol–water partition coefficient (Wildman–Crippen LogP) is 2.55. The number of hydrogen-bond donors (Lipinski definition) is 2. The third-order valence-corrected chi connectivity index (χ3v) is 2.87. The maximum atomic E-state index is 13.5. The van der Waals surface area contributed by atoms with E-state index in [9.17, 15) is 13.6 Å². The lowest BCUT2D eigenvalue weighted by Crippen LogP contribution is -2.24. The molecule has 0 unspecified atom stereocenters. The molecule has 1 aromatic rings. The van der Waals surface area contributed by atoms with Crippen LogP contribution in [0.3, 0.4) is 0 Å². The van der Waals surface area contributed by atoms with Gasteiger partial charge >= 0.3 is 0 Å². The van der Waals surface area contributed by atoms with Crippen molar-refractivity contribution in [2.24, 2.45) is 0 Å². The van der Waals surface area contributed by atoms with Gasteiger partial charge in [-0.2, -0.15) is 0 Å². The number of carbonyl (C=O) groups is 1. The summed E-state index contributed by atoms with van der Waals surface area (Å²) in [7, 11) is 3.06. The molecule has 0 saturated heterocycles. The zero-order chi connectivity index (χ0) is 15.0. The summed E-state index contributed by atoms with van der Waals surface area (Å²) in [6.07, 6.45) is 2.65. The van der Waals surface area contributed by atoms with E-state index in [0.717, 1.165) is 31.4 Å². The summed E-state index contributed by atoms with van der Waals surface area (Å²) >= 11 is 0. The Hall–Kier alpha value is -1.69. The van der Waals surface area contributed by atoms with E-state index >= 15 is 0 Å². The van der Waals surface area contributed by atoms with Crippen LogP contribution in [-0.4, -0.2) is 33.2 Å². The second-order valence-corrected chi connectivity index (χ2v) is 4.37. The highest BCUT2D eigenvalue weighted by Gasteiger charge is 2.13. The molecule has 0 fully saturated rings. The van der Waals surface area contributed by atoms with E-state index < -0.39 is 17.5 Å². The van der Waals surface area contributed by atoms with E-state index in [0.29, 0.717) is 13.2 Å². The quantitative estimate of drug-likeness (QED) is 0.722. The SMILES string of the molecule is CNc1c(F)cc(C(=O)NCCCCCOC)cc1F. The Bertz CT molecular complexity index is 430. The number of ether oxygens (including phenoxy) is 1. The van der Waals surface area contributed by atoms with Crippen LogP contribution in [0.2, 0.25) is 0 Å². The van der Waals surface area contributed by atoms with Crippen LogP contribution in [0.5, 0.6) is 0 Å². The molecular formula is C14H20F2N2O2. The number of amides is 1. The van der Waals surface area contributed by atoms with Crippen LogP contribution in [0.15, 0.2) is 12.1 Å². The van der Waals surface area contributed by atoms with Gasteiger partial charge < -0.3 is 15.4 Å². The zero-order valence-electron chi connectivity index (χ0n) is 11.8. The van der Waals surface area contributed by atoms with Crippen LogP contribution < -0.4 is 10.6 Å². The molecule has 0 saturated carbocycles. The Kier molecular flexibility index (Phi) is 6.93. The first-order chi connectivity index (χ1) is 9.60. The Morgan fingerprint density at radius 1 is 1.20 bits per heavy atom. The van der Waals surface area contributed by atoms with Crippen LogP contribution in [0.4, 0.5) is 14.5 Å². The van der Waals surface area contributed by atoms with Crippen molar-refractivity contribution < 1.29 is 18.3 Å². The van der Waals surface area contributed by atoms with E-state index in [2.05, 4.69) is 10.6 Å². The van der Waals surface area contributed by atoms with E-state index in [-0.39, 0.29) is 11.3 Å². The Labute approximate surface area is 117 Å². The topological polar surface area (TPSA) is 50.4 Å². The summed E-state index contributed by atoms with van der Waals surface area (Å²) < 4.78 is 31.9. The molecule has 20 heavy (non-hydrogen) atoms. The van der Waals surface area contributed by atoms with Gasteiger partial charge in [0, 0.05) is 32.9 Å². The minimum absolute atomic E-state index is 0.0177. The minimum atomic E-state index is -0.780. The van der Waals surface area contributed by atoms with Gasteiger partial charge in [0.2, 0.25) is 0 Å². The lowest BCUT2D eigenvalue weighted by atomic mass is 10.1. The monoisotopic (exact) mass is 286 g/mol. The number of unbranched alkanes of at least 4 members (excludes halogenated alkanes) is 2. The molecule has 0 aromatic heterocycles. The number of methoxy groups -OCH3 is 1. The Morgan fingerprint density at radius 3 is 2.40 bits per heavy atom. The maximum Gasteiger partial charge on any atom is 0.251 e. The summed E-state index contributed by atoms with van der Waals surface area (Å²) in [6, 6.07) is 2.05. The van der Waals surface area contributed by atoms with Crippen molar-refractivity contribution >= 4 is 11.6 Å². The fraction of sp³-hybridized carbons (Fsp3) is 0.500. The van der Waals surface area contributed by atoms with Gasteiger partial charge in [-0.15, -0.1) is 0 Å². The van der Waals surface area contributed by atoms with Crippen molar-refractivity contribution in [2.45, 2.75) is 19.3 Å². The van der Waals surface area contributed by atoms with Crippen molar-refractivity contribution in [2.75, 3.05) is 32.6 Å². The molecule has 0 aliphatic heterocycles. The highest BCUT2D eigenvalue weighted by molar-refractivity contribution is 5.94. The summed E-state index contributed by atoms with van der Waals surface area (Å²) in [4.78, 5) is 11.7. The van der Waals surface area contributed by atoms with Gasteiger partial charge in [0.25, 0.3) is 5.91 Å².